The molecule has 0 aliphatic carbocycles. The van der Waals surface area contributed by atoms with Crippen molar-refractivity contribution in [2.24, 2.45) is 23.7 Å². The number of aliphatic hydroxyl groups is 2. The largest absolute Gasteiger partial charge is 0.496 e. The van der Waals surface area contributed by atoms with Gasteiger partial charge in [0.1, 0.15) is 60.3 Å². The van der Waals surface area contributed by atoms with Crippen LogP contribution in [0.5, 0.6) is 5.75 Å². The lowest BCUT2D eigenvalue weighted by molar-refractivity contribution is -0.152. The number of carbonyl (C=O) groups excluding carboxylic acids is 12. The van der Waals surface area contributed by atoms with Crippen LogP contribution in [0.25, 0.3) is 0 Å². The fourth-order valence-electron chi connectivity index (χ4n) is 13.4. The maximum atomic E-state index is 15.6. The fourth-order valence-corrected chi connectivity index (χ4v) is 13.6. The molecule has 2 fully saturated rings. The number of hydrogen-bond acceptors (Lipinski definition) is 18. The van der Waals surface area contributed by atoms with Gasteiger partial charge in [0.2, 0.25) is 65.0 Å². The number of ether oxygens (including phenoxy) is 2. The van der Waals surface area contributed by atoms with Gasteiger partial charge in [0, 0.05) is 79.8 Å². The van der Waals surface area contributed by atoms with Gasteiger partial charge in [-0.3, -0.25) is 68.1 Å². The number of rotatable bonds is 21. The second kappa shape index (κ2) is 43.5. The zero-order chi connectivity index (χ0) is 82.2. The Morgan fingerprint density at radius 1 is 0.615 bits per heavy atom. The van der Waals surface area contributed by atoms with Crippen molar-refractivity contribution < 1.29 is 82.4 Å². The van der Waals surface area contributed by atoms with Crippen LogP contribution in [-0.4, -0.2) is 287 Å². The summed E-state index contributed by atoms with van der Waals surface area (Å²) in [5.41, 5.74) is 1.37. The normalized spacial score (nSPS) is 24.1. The first-order valence-corrected chi connectivity index (χ1v) is 38.5. The van der Waals surface area contributed by atoms with Crippen molar-refractivity contribution >= 4 is 82.5 Å². The van der Waals surface area contributed by atoms with Gasteiger partial charge in [-0.25, -0.2) is 5.48 Å². The van der Waals surface area contributed by atoms with Crippen molar-refractivity contribution in [2.45, 2.75) is 239 Å². The Labute approximate surface area is 649 Å². The van der Waals surface area contributed by atoms with Crippen molar-refractivity contribution in [3.8, 4) is 5.75 Å². The van der Waals surface area contributed by atoms with Gasteiger partial charge in [-0.1, -0.05) is 98.5 Å². The number of likely N-dealkylation sites (N-methyl/N-ethyl adjacent to an activating group) is 6. The molecular weight excluding hydrogens is 1430 g/mol. The summed E-state index contributed by atoms with van der Waals surface area (Å²) in [5, 5.41) is 45.4. The molecule has 31 heteroatoms. The van der Waals surface area contributed by atoms with Gasteiger partial charge in [-0.15, -0.1) is 0 Å². The summed E-state index contributed by atoms with van der Waals surface area (Å²) in [4.78, 5) is 189. The summed E-state index contributed by atoms with van der Waals surface area (Å²) in [5.74, 6) is -10.4. The number of hydroxylamine groups is 1. The van der Waals surface area contributed by atoms with E-state index in [4.69, 9.17) is 21.1 Å². The number of benzene rings is 2. The summed E-state index contributed by atoms with van der Waals surface area (Å²) < 4.78 is 11.8. The highest BCUT2D eigenvalue weighted by molar-refractivity contribution is 6.30. The first kappa shape index (κ1) is 93.4. The van der Waals surface area contributed by atoms with Crippen LogP contribution in [0.4, 0.5) is 0 Å². The van der Waals surface area contributed by atoms with Crippen LogP contribution in [-0.2, 0) is 70.3 Å². The minimum absolute atomic E-state index is 0.0407. The van der Waals surface area contributed by atoms with Gasteiger partial charge in [0.05, 0.1) is 56.5 Å². The molecule has 0 radical (unpaired) electrons. The molecular formula is C78H126ClN13O17. The Bertz CT molecular complexity index is 3420. The Kier molecular flexibility index (Phi) is 37.3. The molecule has 11 atom stereocenters. The van der Waals surface area contributed by atoms with Crippen LogP contribution in [0.3, 0.4) is 0 Å². The van der Waals surface area contributed by atoms with Gasteiger partial charge >= 0.3 is 0 Å². The lowest BCUT2D eigenvalue weighted by atomic mass is 9.97. The Balaban J connectivity index is 2.06. The molecule has 8 N–H and O–H groups in total. The number of likely N-dealkylation sites (tertiary alicyclic amines) is 1. The number of hydrogen-bond donors (Lipinski definition) is 8. The predicted molar refractivity (Wildman–Crippen MR) is 412 cm³/mol. The van der Waals surface area contributed by atoms with Crippen molar-refractivity contribution in [1.29, 1.82) is 0 Å². The van der Waals surface area contributed by atoms with E-state index in [1.54, 1.807) is 69.3 Å². The minimum Gasteiger partial charge on any atom is -0.496 e. The summed E-state index contributed by atoms with van der Waals surface area (Å²) in [6, 6.07) is -2.16. The molecule has 0 spiro atoms. The van der Waals surface area contributed by atoms with E-state index in [1.165, 1.54) is 94.1 Å². The monoisotopic (exact) mass is 1550 g/mol. The highest BCUT2D eigenvalue weighted by Gasteiger charge is 2.44. The average Bonchev–Trinajstić information content (AvgIpc) is 0.818. The molecule has 0 bridgehead atoms. The molecule has 12 amide bonds. The lowest BCUT2D eigenvalue weighted by Crippen LogP contribution is -2.63. The van der Waals surface area contributed by atoms with Gasteiger partial charge in [-0.2, -0.15) is 0 Å². The van der Waals surface area contributed by atoms with E-state index in [1.807, 2.05) is 48.5 Å². The molecule has 612 valence electrons. The van der Waals surface area contributed by atoms with Crippen LogP contribution in [0.2, 0.25) is 5.02 Å². The number of methoxy groups -OCH3 is 1. The number of nitrogens with zero attached hydrogens (tertiary/aromatic N) is 8. The summed E-state index contributed by atoms with van der Waals surface area (Å²) >= 11 is 6.51. The van der Waals surface area contributed by atoms with Crippen LogP contribution in [0, 0.1) is 23.7 Å². The number of carbonyl (C=O) groups is 12. The maximum Gasteiger partial charge on any atom is 0.278 e. The Hall–Kier alpha value is -8.03. The highest BCUT2D eigenvalue weighted by Crippen LogP contribution is 2.27. The summed E-state index contributed by atoms with van der Waals surface area (Å²) in [6.45, 7) is 22.1. The van der Waals surface area contributed by atoms with E-state index in [0.29, 0.717) is 49.9 Å². The lowest BCUT2D eigenvalue weighted by Gasteiger charge is -2.40. The number of nitrogens with one attached hydrogen (secondary N) is 5. The van der Waals surface area contributed by atoms with E-state index < -0.39 is 163 Å². The van der Waals surface area contributed by atoms with Crippen molar-refractivity contribution in [2.75, 3.05) is 88.7 Å². The quantitative estimate of drug-likeness (QED) is 0.0646. The SMILES string of the molecule is CCCCN1CC(=O)N(C)[C@@H](CC(C)C)C(=O)N(C)[C@@H](CC(C)C)C(O)N[C@@H](COC(C)(C)C)C(=O)N(C)[C@@H](CC(C)C)C(=O)N[C@H](C(=O)N2CCCCC2)CC(=O)N(C)CC(=O)N(C)[C@@H](Cc2cccc(Cl)c2)C(=O)N[C@@H](Cc2ccc(C(=O)NO)c(OC)c2)C(=O)N(C)[C@@H](CC(C)C)C(=O)N[C@@H]([C@@H](C)O)C1=O. The molecule has 30 nitrogen and oxygen atoms in total. The van der Waals surface area contributed by atoms with Gasteiger partial charge in [0.25, 0.3) is 5.91 Å². The van der Waals surface area contributed by atoms with E-state index in [-0.39, 0.29) is 91.7 Å². The number of unbranched alkanes of at least 4 members (excludes halogenated alkanes) is 1. The maximum absolute atomic E-state index is 15.6. The van der Waals surface area contributed by atoms with E-state index in [0.717, 1.165) is 21.1 Å². The molecule has 4 rings (SSSR count). The van der Waals surface area contributed by atoms with Crippen LogP contribution >= 0.6 is 11.6 Å². The molecule has 2 aromatic rings. The third-order valence-electron chi connectivity index (χ3n) is 19.8. The topological polar surface area (TPSA) is 370 Å². The third kappa shape index (κ3) is 28.0. The summed E-state index contributed by atoms with van der Waals surface area (Å²) in [7, 11) is 9.54. The zero-order valence-corrected chi connectivity index (χ0v) is 68.7. The molecule has 0 aromatic heterocycles. The summed E-state index contributed by atoms with van der Waals surface area (Å²) in [6.07, 6.45) is -1.25. The molecule has 1 unspecified atom stereocenters. The van der Waals surface area contributed by atoms with Crippen molar-refractivity contribution in [3.63, 3.8) is 0 Å². The van der Waals surface area contributed by atoms with Gasteiger partial charge < -0.3 is 74.8 Å². The van der Waals surface area contributed by atoms with Crippen LogP contribution in [0.1, 0.15) is 176 Å². The minimum atomic E-state index is -1.73. The molecule has 2 saturated heterocycles. The number of piperidine rings is 1. The third-order valence-corrected chi connectivity index (χ3v) is 20.0. The standard InChI is InChI=1S/C78H126ClN13O17/c1-21-22-31-92-44-66(96)87(16)62(37-49(8)9)76(105)90(19)59(35-47(4)5)70(99)82-57(45-109-78(11,12)13)74(103)89(18)58(34-46(2)3)69(98)81-56(75(104)91-32-24-23-25-33-91)42-64(94)85(14)43-65(95)86(15)61(40-51-27-26-28-53(79)38-51)71(100)80-55(39-52-29-30-54(68(97)84-107)63(41-52)108-20)73(102)88(17)60(36-48(6)7)72(101)83-67(50(10)93)77(92)106/h26-30,38,41,46-50,55-62,67,70,82,93,99,107H,21-25,31-37,39-40,42-45H2,1-20H3,(H,80,100)(H,81,98)(H,83,101)(H,84,97)/t50-,55+,56+,57+,58+,59+,60+,61+,62+,67+,70?/m1/s1. The highest BCUT2D eigenvalue weighted by atomic mass is 35.5. The van der Waals surface area contributed by atoms with Gasteiger partial charge in [0.15, 0.2) is 0 Å². The Morgan fingerprint density at radius 3 is 1.68 bits per heavy atom. The average molecular weight is 1550 g/mol. The predicted octanol–water partition coefficient (Wildman–Crippen LogP) is 4.00. The zero-order valence-electron chi connectivity index (χ0n) is 67.9. The molecule has 2 aliphatic heterocycles. The second-order valence-corrected chi connectivity index (χ2v) is 32.3. The van der Waals surface area contributed by atoms with Crippen molar-refractivity contribution in [3.05, 3.63) is 64.2 Å². The van der Waals surface area contributed by atoms with E-state index >= 15 is 33.6 Å². The molecule has 0 saturated carbocycles. The first-order valence-electron chi connectivity index (χ1n) is 38.1. The molecule has 2 heterocycles. The number of halogens is 1. The van der Waals surface area contributed by atoms with E-state index in [2.05, 4.69) is 21.3 Å². The first-order chi connectivity index (χ1) is 51.0. The van der Waals surface area contributed by atoms with Crippen LogP contribution in [0.15, 0.2) is 42.5 Å². The number of aliphatic hydroxyl groups excluding tert-OH is 2. The van der Waals surface area contributed by atoms with E-state index in [9.17, 15) is 39.4 Å². The Morgan fingerprint density at radius 2 is 1.15 bits per heavy atom. The smallest absolute Gasteiger partial charge is 0.278 e. The fraction of sp³-hybridized carbons (Fsp3) is 0.692. The number of amides is 12. The molecule has 2 aliphatic rings. The second-order valence-electron chi connectivity index (χ2n) is 31.9. The molecule has 2 aromatic carbocycles. The van der Waals surface area contributed by atoms with Crippen LogP contribution < -0.4 is 31.5 Å². The van der Waals surface area contributed by atoms with Crippen molar-refractivity contribution in [1.82, 2.24) is 65.9 Å². The molecule has 109 heavy (non-hydrogen) atoms. The van der Waals surface area contributed by atoms with Gasteiger partial charge in [-0.05, 0) is 138 Å².